The largest absolute Gasteiger partial charge is 0.396 e. The zero-order valence-electron chi connectivity index (χ0n) is 10.6. The molecule has 0 amide bonds. The molecular formula is C14H19F2NO. The van der Waals surface area contributed by atoms with Gasteiger partial charge in [0.25, 0.3) is 0 Å². The molecule has 2 rings (SSSR count). The van der Waals surface area contributed by atoms with Crippen LogP contribution in [0.25, 0.3) is 0 Å². The molecule has 1 atom stereocenters. The molecule has 1 aliphatic heterocycles. The van der Waals surface area contributed by atoms with Gasteiger partial charge >= 0.3 is 0 Å². The zero-order valence-corrected chi connectivity index (χ0v) is 10.6. The molecule has 0 saturated carbocycles. The van der Waals surface area contributed by atoms with Crippen LogP contribution < -0.4 is 0 Å². The summed E-state index contributed by atoms with van der Waals surface area (Å²) in [5.41, 5.74) is 0.555. The second-order valence-corrected chi connectivity index (χ2v) is 5.56. The summed E-state index contributed by atoms with van der Waals surface area (Å²) in [5.74, 6) is -1.07. The molecule has 1 heterocycles. The fraction of sp³-hybridized carbons (Fsp3) is 0.571. The molecule has 1 saturated heterocycles. The van der Waals surface area contributed by atoms with Crippen LogP contribution in [0.15, 0.2) is 18.2 Å². The topological polar surface area (TPSA) is 23.5 Å². The van der Waals surface area contributed by atoms with Gasteiger partial charge < -0.3 is 5.11 Å². The van der Waals surface area contributed by atoms with E-state index in [1.165, 1.54) is 12.1 Å². The van der Waals surface area contributed by atoms with Crippen LogP contribution in [0.3, 0.4) is 0 Å². The maximum absolute atomic E-state index is 13.1. The molecule has 4 heteroatoms. The van der Waals surface area contributed by atoms with Crippen molar-refractivity contribution in [3.05, 3.63) is 35.4 Å². The highest BCUT2D eigenvalue weighted by Gasteiger charge is 2.30. The van der Waals surface area contributed by atoms with E-state index in [2.05, 4.69) is 4.90 Å². The SMILES string of the molecule is CC1(CO)CCCN(Cc2cc(F)cc(F)c2)C1. The van der Waals surface area contributed by atoms with Crippen molar-refractivity contribution in [1.82, 2.24) is 4.90 Å². The molecule has 100 valence electrons. The number of rotatable bonds is 3. The number of nitrogens with zero attached hydrogens (tertiary/aromatic N) is 1. The zero-order chi connectivity index (χ0) is 13.2. The predicted molar refractivity (Wildman–Crippen MR) is 66.1 cm³/mol. The van der Waals surface area contributed by atoms with Gasteiger partial charge in [0.05, 0.1) is 0 Å². The van der Waals surface area contributed by atoms with E-state index >= 15 is 0 Å². The minimum atomic E-state index is -0.535. The third-order valence-electron chi connectivity index (χ3n) is 3.57. The first-order valence-electron chi connectivity index (χ1n) is 6.29. The van der Waals surface area contributed by atoms with E-state index in [-0.39, 0.29) is 12.0 Å². The molecular weight excluding hydrogens is 236 g/mol. The Bertz CT molecular complexity index is 404. The molecule has 18 heavy (non-hydrogen) atoms. The van der Waals surface area contributed by atoms with Crippen LogP contribution in [0.2, 0.25) is 0 Å². The van der Waals surface area contributed by atoms with Crippen LogP contribution in [0, 0.1) is 17.0 Å². The first-order chi connectivity index (χ1) is 8.50. The van der Waals surface area contributed by atoms with Gasteiger partial charge in [0, 0.05) is 31.2 Å². The molecule has 0 aromatic heterocycles. The molecule has 1 N–H and O–H groups in total. The fourth-order valence-electron chi connectivity index (χ4n) is 2.65. The number of likely N-dealkylation sites (tertiary alicyclic amines) is 1. The average Bonchev–Trinajstić information content (AvgIpc) is 2.27. The predicted octanol–water partition coefficient (Wildman–Crippen LogP) is 2.56. The molecule has 1 fully saturated rings. The van der Waals surface area contributed by atoms with Gasteiger partial charge in [-0.1, -0.05) is 6.92 Å². The van der Waals surface area contributed by atoms with E-state index in [1.54, 1.807) is 0 Å². The lowest BCUT2D eigenvalue weighted by Crippen LogP contribution is -2.43. The molecule has 1 aliphatic rings. The van der Waals surface area contributed by atoms with E-state index in [9.17, 15) is 13.9 Å². The van der Waals surface area contributed by atoms with Gasteiger partial charge in [-0.2, -0.15) is 0 Å². The Hall–Kier alpha value is -1.00. The lowest BCUT2D eigenvalue weighted by molar-refractivity contribution is 0.0428. The van der Waals surface area contributed by atoms with E-state index in [1.807, 2.05) is 6.92 Å². The van der Waals surface area contributed by atoms with Gasteiger partial charge in [0.1, 0.15) is 11.6 Å². The molecule has 0 radical (unpaired) electrons. The monoisotopic (exact) mass is 255 g/mol. The fourth-order valence-corrected chi connectivity index (χ4v) is 2.65. The van der Waals surface area contributed by atoms with Gasteiger partial charge in [-0.05, 0) is 37.1 Å². The Balaban J connectivity index is 2.04. The van der Waals surface area contributed by atoms with Crippen LogP contribution in [0.4, 0.5) is 8.78 Å². The molecule has 0 bridgehead atoms. The second kappa shape index (κ2) is 5.33. The molecule has 1 unspecified atom stereocenters. The van der Waals surface area contributed by atoms with Gasteiger partial charge in [-0.3, -0.25) is 4.90 Å². The molecule has 0 aliphatic carbocycles. The van der Waals surface area contributed by atoms with Crippen LogP contribution >= 0.6 is 0 Å². The van der Waals surface area contributed by atoms with Gasteiger partial charge in [0.2, 0.25) is 0 Å². The van der Waals surface area contributed by atoms with Crippen molar-refractivity contribution in [3.63, 3.8) is 0 Å². The highest BCUT2D eigenvalue weighted by molar-refractivity contribution is 5.17. The maximum Gasteiger partial charge on any atom is 0.126 e. The van der Waals surface area contributed by atoms with Crippen LogP contribution in [0.1, 0.15) is 25.3 Å². The second-order valence-electron chi connectivity index (χ2n) is 5.56. The highest BCUT2D eigenvalue weighted by atomic mass is 19.1. The smallest absolute Gasteiger partial charge is 0.126 e. The summed E-state index contributed by atoms with van der Waals surface area (Å²) in [7, 11) is 0. The Labute approximate surface area is 106 Å². The van der Waals surface area contributed by atoms with Gasteiger partial charge in [0.15, 0.2) is 0 Å². The highest BCUT2D eigenvalue weighted by Crippen LogP contribution is 2.29. The van der Waals surface area contributed by atoms with E-state index < -0.39 is 11.6 Å². The van der Waals surface area contributed by atoms with Gasteiger partial charge in [-0.25, -0.2) is 8.78 Å². The van der Waals surface area contributed by atoms with Crippen LogP contribution in [0.5, 0.6) is 0 Å². The number of hydrogen-bond donors (Lipinski definition) is 1. The van der Waals surface area contributed by atoms with Crippen molar-refractivity contribution in [2.45, 2.75) is 26.3 Å². The number of piperidine rings is 1. The van der Waals surface area contributed by atoms with Crippen molar-refractivity contribution in [1.29, 1.82) is 0 Å². The summed E-state index contributed by atoms with van der Waals surface area (Å²) in [6.07, 6.45) is 2.01. The number of aliphatic hydroxyl groups excluding tert-OH is 1. The van der Waals surface area contributed by atoms with Crippen molar-refractivity contribution in [2.24, 2.45) is 5.41 Å². The summed E-state index contributed by atoms with van der Waals surface area (Å²) in [6.45, 7) is 4.41. The standard InChI is InChI=1S/C14H19F2NO/c1-14(10-18)3-2-4-17(9-14)8-11-5-12(15)7-13(16)6-11/h5-7,18H,2-4,8-10H2,1H3. The lowest BCUT2D eigenvalue weighted by Gasteiger charge is -2.39. The number of benzene rings is 1. The Morgan fingerprint density at radius 3 is 2.56 bits per heavy atom. The molecule has 1 aromatic carbocycles. The summed E-state index contributed by atoms with van der Waals surface area (Å²) in [6, 6.07) is 3.62. The van der Waals surface area contributed by atoms with E-state index in [0.717, 1.165) is 32.0 Å². The van der Waals surface area contributed by atoms with Crippen molar-refractivity contribution < 1.29 is 13.9 Å². The Morgan fingerprint density at radius 1 is 1.28 bits per heavy atom. The van der Waals surface area contributed by atoms with E-state index in [0.29, 0.717) is 12.1 Å². The first kappa shape index (κ1) is 13.4. The van der Waals surface area contributed by atoms with Crippen molar-refractivity contribution in [2.75, 3.05) is 19.7 Å². The maximum atomic E-state index is 13.1. The third-order valence-corrected chi connectivity index (χ3v) is 3.57. The summed E-state index contributed by atoms with van der Waals surface area (Å²) in [4.78, 5) is 2.15. The van der Waals surface area contributed by atoms with Crippen LogP contribution in [-0.4, -0.2) is 29.7 Å². The van der Waals surface area contributed by atoms with Crippen molar-refractivity contribution >= 4 is 0 Å². The molecule has 1 aromatic rings. The summed E-state index contributed by atoms with van der Waals surface area (Å²) < 4.78 is 26.2. The third kappa shape index (κ3) is 3.27. The van der Waals surface area contributed by atoms with E-state index in [4.69, 9.17) is 0 Å². The lowest BCUT2D eigenvalue weighted by atomic mass is 9.82. The average molecular weight is 255 g/mol. The minimum absolute atomic E-state index is 0.0931. The first-order valence-corrected chi connectivity index (χ1v) is 6.29. The van der Waals surface area contributed by atoms with Gasteiger partial charge in [-0.15, -0.1) is 0 Å². The summed E-state index contributed by atoms with van der Waals surface area (Å²) >= 11 is 0. The number of hydrogen-bond acceptors (Lipinski definition) is 2. The molecule has 2 nitrogen and oxygen atoms in total. The Kier molecular flexibility index (Phi) is 3.97. The number of aliphatic hydroxyl groups is 1. The minimum Gasteiger partial charge on any atom is -0.396 e. The van der Waals surface area contributed by atoms with Crippen molar-refractivity contribution in [3.8, 4) is 0 Å². The summed E-state index contributed by atoms with van der Waals surface area (Å²) in [5, 5.41) is 9.38. The van der Waals surface area contributed by atoms with Crippen LogP contribution in [-0.2, 0) is 6.54 Å². The quantitative estimate of drug-likeness (QED) is 0.897. The molecule has 0 spiro atoms. The Morgan fingerprint density at radius 2 is 1.94 bits per heavy atom. The normalized spacial score (nSPS) is 25.3. The number of halogens is 2.